The molecule has 106 valence electrons. The average Bonchev–Trinajstić information content (AvgIpc) is 2.43. The Bertz CT molecular complexity index is 619. The zero-order valence-corrected chi connectivity index (χ0v) is 12.7. The first-order valence-corrected chi connectivity index (χ1v) is 6.89. The van der Waals surface area contributed by atoms with Crippen LogP contribution in [0.15, 0.2) is 40.9 Å². The summed E-state index contributed by atoms with van der Waals surface area (Å²) in [6, 6.07) is 9.17. The van der Waals surface area contributed by atoms with Crippen molar-refractivity contribution < 1.29 is 14.2 Å². The lowest BCUT2D eigenvalue weighted by Crippen LogP contribution is -2.08. The quantitative estimate of drug-likeness (QED) is 0.863. The second-order valence-corrected chi connectivity index (χ2v) is 5.27. The average molecular weight is 340 g/mol. The van der Waals surface area contributed by atoms with E-state index >= 15 is 0 Å². The minimum atomic E-state index is -0.379. The van der Waals surface area contributed by atoms with E-state index in [0.717, 1.165) is 10.2 Å². The van der Waals surface area contributed by atoms with Crippen LogP contribution in [0.4, 0.5) is 10.1 Å². The van der Waals surface area contributed by atoms with Crippen molar-refractivity contribution in [2.24, 2.45) is 0 Å². The highest BCUT2D eigenvalue weighted by Crippen LogP contribution is 2.32. The lowest BCUT2D eigenvalue weighted by molar-refractivity contribution is 0.415. The predicted molar refractivity (Wildman–Crippen MR) is 80.8 cm³/mol. The smallest absolute Gasteiger partial charge is 0.123 e. The van der Waals surface area contributed by atoms with Crippen LogP contribution in [0.25, 0.3) is 0 Å². The molecule has 0 heterocycles. The molecule has 0 aliphatic carbocycles. The van der Waals surface area contributed by atoms with Gasteiger partial charge in [0.15, 0.2) is 0 Å². The fraction of sp³-hybridized carbons (Fsp3) is 0.200. The lowest BCUT2D eigenvalue weighted by atomic mass is 10.1. The maximum absolute atomic E-state index is 13.3. The van der Waals surface area contributed by atoms with Crippen LogP contribution in [0.5, 0.6) is 11.5 Å². The molecule has 2 aromatic rings. The Kier molecular flexibility index (Phi) is 4.49. The van der Waals surface area contributed by atoms with Gasteiger partial charge in [-0.15, -0.1) is 0 Å². The highest BCUT2D eigenvalue weighted by Gasteiger charge is 2.13. The molecule has 0 amide bonds. The molecule has 0 saturated carbocycles. The third-order valence-corrected chi connectivity index (χ3v) is 3.69. The minimum Gasteiger partial charge on any atom is -0.508 e. The van der Waals surface area contributed by atoms with E-state index in [4.69, 9.17) is 4.74 Å². The standard InChI is InChI=1S/C15H15BrFNO2/c1-9(12-7-10(17)3-6-15(12)19)18-14-8-11(20-2)4-5-13(14)16/h3-9,18-19H,1-2H3. The molecule has 2 rings (SSSR count). The van der Waals surface area contributed by atoms with Gasteiger partial charge in [0.1, 0.15) is 17.3 Å². The number of aromatic hydroxyl groups is 1. The lowest BCUT2D eigenvalue weighted by Gasteiger charge is -2.18. The third kappa shape index (κ3) is 3.22. The number of halogens is 2. The van der Waals surface area contributed by atoms with E-state index in [9.17, 15) is 9.50 Å². The molecule has 2 aromatic carbocycles. The Balaban J connectivity index is 2.27. The number of ether oxygens (including phenoxy) is 1. The Morgan fingerprint density at radius 3 is 2.70 bits per heavy atom. The monoisotopic (exact) mass is 339 g/mol. The first-order valence-electron chi connectivity index (χ1n) is 6.09. The molecule has 0 aromatic heterocycles. The summed E-state index contributed by atoms with van der Waals surface area (Å²) in [4.78, 5) is 0. The fourth-order valence-electron chi connectivity index (χ4n) is 1.93. The summed E-state index contributed by atoms with van der Waals surface area (Å²) >= 11 is 3.44. The number of nitrogens with one attached hydrogen (secondary N) is 1. The van der Waals surface area contributed by atoms with Crippen molar-refractivity contribution in [3.63, 3.8) is 0 Å². The van der Waals surface area contributed by atoms with Crippen LogP contribution in [0.1, 0.15) is 18.5 Å². The summed E-state index contributed by atoms with van der Waals surface area (Å²) in [7, 11) is 1.59. The van der Waals surface area contributed by atoms with Crippen molar-refractivity contribution in [1.82, 2.24) is 0 Å². The van der Waals surface area contributed by atoms with Gasteiger partial charge in [0, 0.05) is 16.1 Å². The fourth-order valence-corrected chi connectivity index (χ4v) is 2.29. The largest absolute Gasteiger partial charge is 0.508 e. The minimum absolute atomic E-state index is 0.0606. The molecular formula is C15H15BrFNO2. The Morgan fingerprint density at radius 2 is 2.00 bits per heavy atom. The molecule has 1 atom stereocenters. The van der Waals surface area contributed by atoms with Crippen LogP contribution < -0.4 is 10.1 Å². The van der Waals surface area contributed by atoms with Crippen molar-refractivity contribution in [2.45, 2.75) is 13.0 Å². The van der Waals surface area contributed by atoms with Crippen LogP contribution >= 0.6 is 15.9 Å². The van der Waals surface area contributed by atoms with Gasteiger partial charge in [0.2, 0.25) is 0 Å². The summed E-state index contributed by atoms with van der Waals surface area (Å²) in [5.41, 5.74) is 1.31. The van der Waals surface area contributed by atoms with Crippen LogP contribution in [0, 0.1) is 5.82 Å². The van der Waals surface area contributed by atoms with Crippen molar-refractivity contribution in [3.05, 3.63) is 52.3 Å². The Hall–Kier alpha value is -1.75. The zero-order chi connectivity index (χ0) is 14.7. The number of phenols is 1. The molecule has 20 heavy (non-hydrogen) atoms. The number of methoxy groups -OCH3 is 1. The number of rotatable bonds is 4. The number of hydrogen-bond donors (Lipinski definition) is 2. The van der Waals surface area contributed by atoms with Gasteiger partial charge in [-0.2, -0.15) is 0 Å². The van der Waals surface area contributed by atoms with Crippen LogP contribution in [0.3, 0.4) is 0 Å². The summed E-state index contributed by atoms with van der Waals surface area (Å²) in [5, 5.41) is 13.0. The zero-order valence-electron chi connectivity index (χ0n) is 11.2. The highest BCUT2D eigenvalue weighted by atomic mass is 79.9. The number of hydrogen-bond acceptors (Lipinski definition) is 3. The Labute approximate surface area is 125 Å². The van der Waals surface area contributed by atoms with E-state index in [1.165, 1.54) is 18.2 Å². The van der Waals surface area contributed by atoms with Gasteiger partial charge >= 0.3 is 0 Å². The molecule has 0 fully saturated rings. The highest BCUT2D eigenvalue weighted by molar-refractivity contribution is 9.10. The van der Waals surface area contributed by atoms with Crippen molar-refractivity contribution in [2.75, 3.05) is 12.4 Å². The topological polar surface area (TPSA) is 41.5 Å². The van der Waals surface area contributed by atoms with Crippen molar-refractivity contribution in [3.8, 4) is 11.5 Å². The van der Waals surface area contributed by atoms with Crippen LogP contribution in [0.2, 0.25) is 0 Å². The van der Waals surface area contributed by atoms with E-state index in [0.29, 0.717) is 11.3 Å². The molecule has 5 heteroatoms. The molecule has 0 saturated heterocycles. The first-order chi connectivity index (χ1) is 9.51. The van der Waals surface area contributed by atoms with Gasteiger partial charge in [-0.25, -0.2) is 4.39 Å². The molecule has 0 radical (unpaired) electrons. The van der Waals surface area contributed by atoms with Crippen LogP contribution in [-0.4, -0.2) is 12.2 Å². The maximum Gasteiger partial charge on any atom is 0.123 e. The summed E-state index contributed by atoms with van der Waals surface area (Å²) < 4.78 is 19.3. The van der Waals surface area contributed by atoms with Crippen molar-refractivity contribution in [1.29, 1.82) is 0 Å². The number of anilines is 1. The Morgan fingerprint density at radius 1 is 1.25 bits per heavy atom. The van der Waals surface area contributed by atoms with E-state index in [-0.39, 0.29) is 17.6 Å². The molecule has 2 N–H and O–H groups in total. The van der Waals surface area contributed by atoms with Gasteiger partial charge in [-0.1, -0.05) is 0 Å². The second-order valence-electron chi connectivity index (χ2n) is 4.41. The SMILES string of the molecule is COc1ccc(Br)c(NC(C)c2cc(F)ccc2O)c1. The molecule has 0 bridgehead atoms. The van der Waals surface area contributed by atoms with Crippen molar-refractivity contribution >= 4 is 21.6 Å². The molecule has 0 spiro atoms. The van der Waals surface area contributed by atoms with Gasteiger partial charge in [0.25, 0.3) is 0 Å². The number of benzene rings is 2. The van der Waals surface area contributed by atoms with Gasteiger partial charge in [-0.05, 0) is 53.2 Å². The first kappa shape index (κ1) is 14.7. The predicted octanol–water partition coefficient (Wildman–Crippen LogP) is 4.48. The maximum atomic E-state index is 13.3. The molecule has 1 unspecified atom stereocenters. The molecule has 0 aliphatic heterocycles. The normalized spacial score (nSPS) is 12.0. The van der Waals surface area contributed by atoms with E-state index in [1.54, 1.807) is 7.11 Å². The van der Waals surface area contributed by atoms with Gasteiger partial charge < -0.3 is 15.2 Å². The van der Waals surface area contributed by atoms with Crippen LogP contribution in [-0.2, 0) is 0 Å². The number of phenolic OH excluding ortho intramolecular Hbond substituents is 1. The molecule has 0 aliphatic rings. The van der Waals surface area contributed by atoms with E-state index < -0.39 is 0 Å². The van der Waals surface area contributed by atoms with Gasteiger partial charge in [0.05, 0.1) is 18.8 Å². The molecule has 3 nitrogen and oxygen atoms in total. The molecular weight excluding hydrogens is 325 g/mol. The third-order valence-electron chi connectivity index (χ3n) is 3.00. The second kappa shape index (κ2) is 6.13. The van der Waals surface area contributed by atoms with Gasteiger partial charge in [-0.3, -0.25) is 0 Å². The van der Waals surface area contributed by atoms with E-state index in [2.05, 4.69) is 21.2 Å². The van der Waals surface area contributed by atoms with E-state index in [1.807, 2.05) is 25.1 Å². The summed E-state index contributed by atoms with van der Waals surface area (Å²) in [5.74, 6) is 0.396. The summed E-state index contributed by atoms with van der Waals surface area (Å²) in [6.45, 7) is 1.85. The summed E-state index contributed by atoms with van der Waals surface area (Å²) in [6.07, 6.45) is 0.